The number of carbonyl (C=O) groups excluding carboxylic acids is 1. The minimum atomic E-state index is 0.0108. The Hall–Kier alpha value is -1.02. The Morgan fingerprint density at radius 1 is 1.33 bits per heavy atom. The van der Waals surface area contributed by atoms with E-state index in [2.05, 4.69) is 12.2 Å². The maximum Gasteiger partial charge on any atom is 0.251 e. The number of hydrogen-bond acceptors (Lipinski definition) is 1. The van der Waals surface area contributed by atoms with Crippen LogP contribution < -0.4 is 5.32 Å². The first kappa shape index (κ1) is 15.0. The normalized spacial score (nSPS) is 12.2. The van der Waals surface area contributed by atoms with Gasteiger partial charge in [0, 0.05) is 18.0 Å². The maximum atomic E-state index is 11.9. The molecular weight excluding hydrogens is 246 g/mol. The van der Waals surface area contributed by atoms with Gasteiger partial charge in [-0.2, -0.15) is 0 Å². The van der Waals surface area contributed by atoms with Gasteiger partial charge in [0.25, 0.3) is 5.91 Å². The Bertz CT molecular complexity index is 403. The molecule has 0 aliphatic heterocycles. The lowest BCUT2D eigenvalue weighted by Gasteiger charge is -2.09. The number of halogens is 1. The van der Waals surface area contributed by atoms with Crippen LogP contribution in [0, 0.1) is 19.8 Å². The van der Waals surface area contributed by atoms with Gasteiger partial charge in [-0.15, -0.1) is 11.6 Å². The van der Waals surface area contributed by atoms with Gasteiger partial charge in [0.05, 0.1) is 0 Å². The summed E-state index contributed by atoms with van der Waals surface area (Å²) in [6.45, 7) is 6.91. The van der Waals surface area contributed by atoms with Gasteiger partial charge in [0.1, 0.15) is 0 Å². The van der Waals surface area contributed by atoms with E-state index >= 15 is 0 Å². The minimum absolute atomic E-state index is 0.0108. The molecule has 100 valence electrons. The number of carbonyl (C=O) groups is 1. The molecule has 1 atom stereocenters. The molecule has 0 heterocycles. The lowest BCUT2D eigenvalue weighted by molar-refractivity contribution is 0.0952. The molecule has 0 aliphatic carbocycles. The van der Waals surface area contributed by atoms with E-state index in [0.717, 1.165) is 24.0 Å². The van der Waals surface area contributed by atoms with Crippen molar-refractivity contribution < 1.29 is 4.79 Å². The van der Waals surface area contributed by atoms with E-state index < -0.39 is 0 Å². The van der Waals surface area contributed by atoms with Crippen LogP contribution in [0.25, 0.3) is 0 Å². The van der Waals surface area contributed by atoms with Crippen molar-refractivity contribution in [2.75, 3.05) is 12.4 Å². The maximum absolute atomic E-state index is 11.9. The molecule has 1 unspecified atom stereocenters. The lowest BCUT2D eigenvalue weighted by atomic mass is 10.1. The number of rotatable bonds is 6. The van der Waals surface area contributed by atoms with Crippen molar-refractivity contribution in [1.29, 1.82) is 0 Å². The second-order valence-electron chi connectivity index (χ2n) is 4.96. The summed E-state index contributed by atoms with van der Waals surface area (Å²) in [5.41, 5.74) is 3.10. The first-order chi connectivity index (χ1) is 8.54. The lowest BCUT2D eigenvalue weighted by Crippen LogP contribution is -2.24. The highest BCUT2D eigenvalue weighted by atomic mass is 35.5. The van der Waals surface area contributed by atoms with Crippen molar-refractivity contribution in [2.45, 2.75) is 33.6 Å². The molecule has 0 aromatic heterocycles. The number of alkyl halides is 1. The molecule has 0 bridgehead atoms. The van der Waals surface area contributed by atoms with E-state index in [9.17, 15) is 4.79 Å². The van der Waals surface area contributed by atoms with Crippen molar-refractivity contribution in [3.05, 3.63) is 34.9 Å². The van der Waals surface area contributed by atoms with Crippen LogP contribution in [0.4, 0.5) is 0 Å². The molecule has 0 spiro atoms. The van der Waals surface area contributed by atoms with Crippen molar-refractivity contribution in [2.24, 2.45) is 5.92 Å². The summed E-state index contributed by atoms with van der Waals surface area (Å²) in [7, 11) is 0. The Balaban J connectivity index is 2.39. The van der Waals surface area contributed by atoms with E-state index in [0.29, 0.717) is 18.3 Å². The minimum Gasteiger partial charge on any atom is -0.352 e. The van der Waals surface area contributed by atoms with Crippen LogP contribution in [0.15, 0.2) is 18.2 Å². The molecule has 3 heteroatoms. The molecule has 0 radical (unpaired) electrons. The summed E-state index contributed by atoms with van der Waals surface area (Å²) >= 11 is 5.73. The third kappa shape index (κ3) is 4.69. The van der Waals surface area contributed by atoms with Crippen molar-refractivity contribution >= 4 is 17.5 Å². The number of aryl methyl sites for hydroxylation is 2. The van der Waals surface area contributed by atoms with Gasteiger partial charge in [0.2, 0.25) is 0 Å². The molecule has 0 fully saturated rings. The van der Waals surface area contributed by atoms with Gasteiger partial charge >= 0.3 is 0 Å². The average molecular weight is 268 g/mol. The summed E-state index contributed by atoms with van der Waals surface area (Å²) in [6.07, 6.45) is 2.03. The number of benzene rings is 1. The zero-order chi connectivity index (χ0) is 13.5. The Morgan fingerprint density at radius 3 is 2.67 bits per heavy atom. The van der Waals surface area contributed by atoms with Crippen LogP contribution >= 0.6 is 11.6 Å². The highest BCUT2D eigenvalue weighted by Crippen LogP contribution is 2.10. The van der Waals surface area contributed by atoms with Crippen molar-refractivity contribution in [3.63, 3.8) is 0 Å². The van der Waals surface area contributed by atoms with Crippen molar-refractivity contribution in [3.8, 4) is 0 Å². The summed E-state index contributed by atoms with van der Waals surface area (Å²) in [5.74, 6) is 1.22. The molecular formula is C15H22ClNO. The second-order valence-corrected chi connectivity index (χ2v) is 5.27. The van der Waals surface area contributed by atoms with E-state index in [1.54, 1.807) is 0 Å². The van der Waals surface area contributed by atoms with Gasteiger partial charge in [-0.3, -0.25) is 4.79 Å². The monoisotopic (exact) mass is 267 g/mol. The molecule has 18 heavy (non-hydrogen) atoms. The molecule has 1 aromatic carbocycles. The Kier molecular flexibility index (Phi) is 6.20. The summed E-state index contributed by atoms with van der Waals surface area (Å²) in [4.78, 5) is 11.9. The molecule has 0 saturated heterocycles. The van der Waals surface area contributed by atoms with Crippen LogP contribution in [0.5, 0.6) is 0 Å². The van der Waals surface area contributed by atoms with Crippen LogP contribution in [0.2, 0.25) is 0 Å². The summed E-state index contributed by atoms with van der Waals surface area (Å²) < 4.78 is 0. The molecule has 1 N–H and O–H groups in total. The largest absolute Gasteiger partial charge is 0.352 e. The third-order valence-corrected chi connectivity index (χ3v) is 3.72. The topological polar surface area (TPSA) is 29.1 Å². The summed E-state index contributed by atoms with van der Waals surface area (Å²) in [6, 6.07) is 5.80. The zero-order valence-corrected chi connectivity index (χ0v) is 12.2. The Labute approximate surface area is 115 Å². The molecule has 1 aromatic rings. The van der Waals surface area contributed by atoms with Crippen LogP contribution in [-0.4, -0.2) is 18.3 Å². The van der Waals surface area contributed by atoms with Gasteiger partial charge < -0.3 is 5.32 Å². The predicted molar refractivity (Wildman–Crippen MR) is 77.4 cm³/mol. The van der Waals surface area contributed by atoms with Crippen molar-refractivity contribution in [1.82, 2.24) is 5.32 Å². The summed E-state index contributed by atoms with van der Waals surface area (Å²) in [5, 5.41) is 2.94. The van der Waals surface area contributed by atoms with E-state index in [1.807, 2.05) is 32.0 Å². The van der Waals surface area contributed by atoms with Crippen LogP contribution in [0.1, 0.15) is 41.3 Å². The van der Waals surface area contributed by atoms with E-state index in [4.69, 9.17) is 11.6 Å². The smallest absolute Gasteiger partial charge is 0.251 e. The third-order valence-electron chi connectivity index (χ3n) is 3.19. The number of amides is 1. The molecule has 0 saturated carbocycles. The van der Waals surface area contributed by atoms with Crippen LogP contribution in [0.3, 0.4) is 0 Å². The standard InChI is InChI=1S/C15H22ClNO/c1-11(10-16)5-4-8-17-15(18)14-7-6-12(2)13(3)9-14/h6-7,9,11H,4-5,8,10H2,1-3H3,(H,17,18). The first-order valence-electron chi connectivity index (χ1n) is 6.46. The van der Waals surface area contributed by atoms with Crippen LogP contribution in [-0.2, 0) is 0 Å². The highest BCUT2D eigenvalue weighted by molar-refractivity contribution is 6.18. The number of nitrogens with one attached hydrogen (secondary N) is 1. The van der Waals surface area contributed by atoms with Gasteiger partial charge in [-0.1, -0.05) is 13.0 Å². The first-order valence-corrected chi connectivity index (χ1v) is 6.99. The molecule has 2 nitrogen and oxygen atoms in total. The molecule has 0 aliphatic rings. The fourth-order valence-corrected chi connectivity index (χ4v) is 1.87. The Morgan fingerprint density at radius 2 is 2.06 bits per heavy atom. The SMILES string of the molecule is Cc1ccc(C(=O)NCCCC(C)CCl)cc1C. The van der Waals surface area contributed by atoms with E-state index in [-0.39, 0.29) is 5.91 Å². The van der Waals surface area contributed by atoms with Gasteiger partial charge in [-0.05, 0) is 55.9 Å². The number of hydrogen-bond donors (Lipinski definition) is 1. The highest BCUT2D eigenvalue weighted by Gasteiger charge is 2.06. The fraction of sp³-hybridized carbons (Fsp3) is 0.533. The molecule has 1 rings (SSSR count). The zero-order valence-electron chi connectivity index (χ0n) is 11.4. The quantitative estimate of drug-likeness (QED) is 0.618. The van der Waals surface area contributed by atoms with Gasteiger partial charge in [0.15, 0.2) is 0 Å². The fourth-order valence-electron chi connectivity index (χ4n) is 1.71. The van der Waals surface area contributed by atoms with Gasteiger partial charge in [-0.25, -0.2) is 0 Å². The van der Waals surface area contributed by atoms with E-state index in [1.165, 1.54) is 5.56 Å². The molecule has 1 amide bonds. The average Bonchev–Trinajstić information content (AvgIpc) is 2.37. The predicted octanol–water partition coefficient (Wildman–Crippen LogP) is 3.69. The second kappa shape index (κ2) is 7.42.